The van der Waals surface area contributed by atoms with E-state index in [0.717, 1.165) is 5.69 Å². The Morgan fingerprint density at radius 2 is 2.09 bits per heavy atom. The van der Waals surface area contributed by atoms with Crippen molar-refractivity contribution < 1.29 is 13.9 Å². The number of ether oxygens (including phenoxy) is 1. The fourth-order valence-electron chi connectivity index (χ4n) is 3.12. The van der Waals surface area contributed by atoms with Crippen LogP contribution in [0.5, 0.6) is 0 Å². The minimum absolute atomic E-state index is 0.0873. The van der Waals surface area contributed by atoms with Gasteiger partial charge in [-0.15, -0.1) is 0 Å². The summed E-state index contributed by atoms with van der Waals surface area (Å²) in [5, 5.41) is 0.409. The van der Waals surface area contributed by atoms with Crippen LogP contribution in [-0.2, 0) is 11.2 Å². The van der Waals surface area contributed by atoms with Crippen molar-refractivity contribution in [1.82, 2.24) is 4.90 Å². The van der Waals surface area contributed by atoms with Crippen LogP contribution < -0.4 is 4.90 Å². The minimum atomic E-state index is -0.507. The zero-order valence-electron chi connectivity index (χ0n) is 13.0. The molecule has 3 rings (SSSR count). The highest BCUT2D eigenvalue weighted by Gasteiger charge is 2.38. The quantitative estimate of drug-likeness (QED) is 0.732. The van der Waals surface area contributed by atoms with Gasteiger partial charge in [0.2, 0.25) is 0 Å². The standard InChI is InChI=1S/C16H20ClFN2O2/c1-16(2,3)22-15(21)19-4-5-20-11(9-19)8-12-13(18)6-10(17)7-14(12)20/h6-7,11H,4-5,8-9H2,1-3H3. The molecule has 0 bridgehead atoms. The van der Waals surface area contributed by atoms with Crippen molar-refractivity contribution in [2.75, 3.05) is 24.5 Å². The Bertz CT molecular complexity index is 615. The summed E-state index contributed by atoms with van der Waals surface area (Å²) >= 11 is 5.96. The average molecular weight is 327 g/mol. The number of anilines is 1. The van der Waals surface area contributed by atoms with E-state index in [4.69, 9.17) is 16.3 Å². The molecule has 0 saturated carbocycles. The maximum absolute atomic E-state index is 14.1. The van der Waals surface area contributed by atoms with Crippen molar-refractivity contribution in [3.05, 3.63) is 28.5 Å². The van der Waals surface area contributed by atoms with Gasteiger partial charge in [0, 0.05) is 35.9 Å². The highest BCUT2D eigenvalue weighted by molar-refractivity contribution is 6.30. The molecule has 2 heterocycles. The molecule has 4 nitrogen and oxygen atoms in total. The van der Waals surface area contributed by atoms with Crippen LogP contribution in [-0.4, -0.2) is 42.3 Å². The fraction of sp³-hybridized carbons (Fsp3) is 0.562. The average Bonchev–Trinajstić information content (AvgIpc) is 2.75. The molecule has 2 aliphatic heterocycles. The van der Waals surface area contributed by atoms with E-state index in [0.29, 0.717) is 36.6 Å². The summed E-state index contributed by atoms with van der Waals surface area (Å²) in [6.45, 7) is 7.33. The number of piperazine rings is 1. The SMILES string of the molecule is CC(C)(C)OC(=O)N1CCN2c3cc(Cl)cc(F)c3CC2C1. The first-order chi connectivity index (χ1) is 10.2. The number of carbonyl (C=O) groups excluding carboxylic acids is 1. The molecule has 120 valence electrons. The van der Waals surface area contributed by atoms with Crippen molar-refractivity contribution >= 4 is 23.4 Å². The first-order valence-corrected chi connectivity index (χ1v) is 7.85. The molecule has 1 unspecified atom stereocenters. The normalized spacial score (nSPS) is 20.7. The molecule has 0 aliphatic carbocycles. The van der Waals surface area contributed by atoms with Crippen LogP contribution in [0, 0.1) is 5.82 Å². The zero-order valence-corrected chi connectivity index (χ0v) is 13.8. The Morgan fingerprint density at radius 1 is 1.36 bits per heavy atom. The topological polar surface area (TPSA) is 32.8 Å². The van der Waals surface area contributed by atoms with Crippen LogP contribution in [0.25, 0.3) is 0 Å². The third-order valence-corrected chi connectivity index (χ3v) is 4.24. The molecule has 0 spiro atoms. The van der Waals surface area contributed by atoms with Gasteiger partial charge in [0.05, 0.1) is 6.04 Å². The van der Waals surface area contributed by atoms with Crippen LogP contribution in [0.3, 0.4) is 0 Å². The number of nitrogens with zero attached hydrogens (tertiary/aromatic N) is 2. The molecular weight excluding hydrogens is 307 g/mol. The summed E-state index contributed by atoms with van der Waals surface area (Å²) in [6.07, 6.45) is 0.291. The van der Waals surface area contributed by atoms with Crippen LogP contribution >= 0.6 is 11.6 Å². The highest BCUT2D eigenvalue weighted by atomic mass is 35.5. The molecule has 1 amide bonds. The van der Waals surface area contributed by atoms with Gasteiger partial charge in [0.1, 0.15) is 11.4 Å². The summed E-state index contributed by atoms with van der Waals surface area (Å²) < 4.78 is 19.5. The first kappa shape index (κ1) is 15.4. The third-order valence-electron chi connectivity index (χ3n) is 4.02. The first-order valence-electron chi connectivity index (χ1n) is 7.47. The van der Waals surface area contributed by atoms with Gasteiger partial charge in [-0.25, -0.2) is 9.18 Å². The van der Waals surface area contributed by atoms with Crippen molar-refractivity contribution in [1.29, 1.82) is 0 Å². The highest BCUT2D eigenvalue weighted by Crippen LogP contribution is 2.38. The number of fused-ring (bicyclic) bond motifs is 3. The van der Waals surface area contributed by atoms with E-state index in [2.05, 4.69) is 4.90 Å². The maximum Gasteiger partial charge on any atom is 0.410 e. The van der Waals surface area contributed by atoms with Crippen molar-refractivity contribution in [2.45, 2.75) is 38.8 Å². The summed E-state index contributed by atoms with van der Waals surface area (Å²) in [7, 11) is 0. The van der Waals surface area contributed by atoms with E-state index in [1.54, 1.807) is 4.90 Å². The van der Waals surface area contributed by atoms with Gasteiger partial charge in [0.25, 0.3) is 0 Å². The molecule has 1 atom stereocenters. The summed E-state index contributed by atoms with van der Waals surface area (Å²) in [5.74, 6) is -0.263. The number of carbonyl (C=O) groups is 1. The lowest BCUT2D eigenvalue weighted by Crippen LogP contribution is -2.54. The van der Waals surface area contributed by atoms with Crippen LogP contribution in [0.15, 0.2) is 12.1 Å². The molecular formula is C16H20ClFN2O2. The molecule has 22 heavy (non-hydrogen) atoms. The van der Waals surface area contributed by atoms with Crippen LogP contribution in [0.2, 0.25) is 5.02 Å². The fourth-order valence-corrected chi connectivity index (χ4v) is 3.32. The summed E-state index contributed by atoms with van der Waals surface area (Å²) in [4.78, 5) is 16.0. The Balaban J connectivity index is 1.75. The minimum Gasteiger partial charge on any atom is -0.444 e. The van der Waals surface area contributed by atoms with Gasteiger partial charge >= 0.3 is 6.09 Å². The molecule has 1 aromatic rings. The van der Waals surface area contributed by atoms with E-state index >= 15 is 0 Å². The summed E-state index contributed by atoms with van der Waals surface area (Å²) in [6, 6.07) is 3.25. The van der Waals surface area contributed by atoms with Crippen molar-refractivity contribution in [2.24, 2.45) is 0 Å². The van der Waals surface area contributed by atoms with E-state index in [9.17, 15) is 9.18 Å². The molecule has 1 aromatic carbocycles. The molecule has 2 aliphatic rings. The van der Waals surface area contributed by atoms with Gasteiger partial charge in [-0.05, 0) is 39.3 Å². The predicted molar refractivity (Wildman–Crippen MR) is 84.1 cm³/mol. The second-order valence-corrected chi connectivity index (χ2v) is 7.30. The summed E-state index contributed by atoms with van der Waals surface area (Å²) in [5.41, 5.74) is 1.05. The van der Waals surface area contributed by atoms with E-state index in [1.807, 2.05) is 26.8 Å². The van der Waals surface area contributed by atoms with Gasteiger partial charge in [-0.1, -0.05) is 11.6 Å². The second kappa shape index (κ2) is 5.30. The van der Waals surface area contributed by atoms with Gasteiger partial charge < -0.3 is 14.5 Å². The van der Waals surface area contributed by atoms with Gasteiger partial charge in [0.15, 0.2) is 0 Å². The van der Waals surface area contributed by atoms with E-state index in [1.165, 1.54) is 6.07 Å². The second-order valence-electron chi connectivity index (χ2n) is 6.86. The Hall–Kier alpha value is -1.49. The lowest BCUT2D eigenvalue weighted by molar-refractivity contribution is 0.0217. The molecule has 1 saturated heterocycles. The van der Waals surface area contributed by atoms with Gasteiger partial charge in [-0.3, -0.25) is 0 Å². The maximum atomic E-state index is 14.1. The number of hydrogen-bond donors (Lipinski definition) is 0. The molecule has 1 fully saturated rings. The smallest absolute Gasteiger partial charge is 0.410 e. The Labute approximate surface area is 134 Å². The third kappa shape index (κ3) is 2.86. The number of hydrogen-bond acceptors (Lipinski definition) is 3. The van der Waals surface area contributed by atoms with Crippen molar-refractivity contribution in [3.8, 4) is 0 Å². The van der Waals surface area contributed by atoms with Crippen LogP contribution in [0.4, 0.5) is 14.9 Å². The number of benzene rings is 1. The monoisotopic (exact) mass is 326 g/mol. The van der Waals surface area contributed by atoms with E-state index in [-0.39, 0.29) is 18.0 Å². The zero-order chi connectivity index (χ0) is 16.1. The molecule has 6 heteroatoms. The predicted octanol–water partition coefficient (Wildman–Crippen LogP) is 3.46. The molecule has 0 radical (unpaired) electrons. The van der Waals surface area contributed by atoms with Crippen LogP contribution in [0.1, 0.15) is 26.3 Å². The van der Waals surface area contributed by atoms with Crippen molar-refractivity contribution in [3.63, 3.8) is 0 Å². The number of rotatable bonds is 0. The number of amides is 1. The Morgan fingerprint density at radius 3 is 2.77 bits per heavy atom. The number of halogens is 2. The lowest BCUT2D eigenvalue weighted by Gasteiger charge is -2.39. The lowest BCUT2D eigenvalue weighted by atomic mass is 10.1. The molecule has 0 N–H and O–H groups in total. The van der Waals surface area contributed by atoms with E-state index < -0.39 is 5.60 Å². The largest absolute Gasteiger partial charge is 0.444 e. The van der Waals surface area contributed by atoms with Gasteiger partial charge in [-0.2, -0.15) is 0 Å². The Kier molecular flexibility index (Phi) is 3.71. The molecule has 0 aromatic heterocycles.